The highest BCUT2D eigenvalue weighted by molar-refractivity contribution is 6.36. The Kier molecular flexibility index (Phi) is 6.31. The molecule has 2 aliphatic rings. The zero-order valence-corrected chi connectivity index (χ0v) is 20.4. The van der Waals surface area contributed by atoms with Crippen molar-refractivity contribution in [2.75, 3.05) is 68.4 Å². The molecule has 180 valence electrons. The van der Waals surface area contributed by atoms with Crippen molar-refractivity contribution in [2.45, 2.75) is 13.0 Å². The van der Waals surface area contributed by atoms with Crippen LogP contribution in [0.5, 0.6) is 0 Å². The summed E-state index contributed by atoms with van der Waals surface area (Å²) in [6.07, 6.45) is 1.46. The van der Waals surface area contributed by atoms with E-state index >= 15 is 0 Å². The molecule has 35 heavy (non-hydrogen) atoms. The summed E-state index contributed by atoms with van der Waals surface area (Å²) in [6.45, 7) is 8.37. The second-order valence-corrected chi connectivity index (χ2v) is 9.18. The zero-order chi connectivity index (χ0) is 24.5. The third-order valence-electron chi connectivity index (χ3n) is 6.47. The summed E-state index contributed by atoms with van der Waals surface area (Å²) < 4.78 is 1.49. The lowest BCUT2D eigenvalue weighted by Crippen LogP contribution is -2.62. The predicted molar refractivity (Wildman–Crippen MR) is 134 cm³/mol. The second-order valence-electron chi connectivity index (χ2n) is 8.80. The first-order chi connectivity index (χ1) is 17.0. The van der Waals surface area contributed by atoms with Gasteiger partial charge in [-0.15, -0.1) is 0 Å². The molecule has 0 unspecified atom stereocenters. The molecule has 2 fully saturated rings. The Labute approximate surface area is 208 Å². The summed E-state index contributed by atoms with van der Waals surface area (Å²) in [5, 5.41) is 30.1. The molecule has 3 aromatic rings. The summed E-state index contributed by atoms with van der Waals surface area (Å²) in [4.78, 5) is 16.1. The lowest BCUT2D eigenvalue weighted by atomic mass is 10.1. The van der Waals surface area contributed by atoms with Crippen molar-refractivity contribution in [3.63, 3.8) is 0 Å². The van der Waals surface area contributed by atoms with Gasteiger partial charge in [0, 0.05) is 51.9 Å². The van der Waals surface area contributed by atoms with E-state index in [0.717, 1.165) is 45.0 Å². The number of likely N-dealkylation sites (N-methyl/N-ethyl adjacent to an activating group) is 1. The van der Waals surface area contributed by atoms with Gasteiger partial charge < -0.3 is 20.4 Å². The number of hydrogen-bond donors (Lipinski definition) is 2. The quantitative estimate of drug-likeness (QED) is 0.529. The standard InChI is InChI=1S/C23H26ClN11/c1-3-27-23-31-22(30-21-16(11-26)12-28-35(21)23)29-18-8-15(10-25)9-19(20(18)24)34-6-4-33(5-7-34)17-13-32(2)14-17/h8-9,12,17H,3-7,13-14H2,1-2H3,(H2,27,29,30,31). The van der Waals surface area contributed by atoms with Crippen LogP contribution < -0.4 is 15.5 Å². The lowest BCUT2D eigenvalue weighted by Gasteiger charge is -2.47. The number of nitrogens with one attached hydrogen (secondary N) is 2. The molecule has 2 N–H and O–H groups in total. The highest BCUT2D eigenvalue weighted by Crippen LogP contribution is 2.36. The minimum absolute atomic E-state index is 0.257. The maximum absolute atomic E-state index is 9.68. The maximum Gasteiger partial charge on any atom is 0.232 e. The average Bonchev–Trinajstić information content (AvgIpc) is 3.27. The van der Waals surface area contributed by atoms with Gasteiger partial charge in [-0.05, 0) is 26.1 Å². The van der Waals surface area contributed by atoms with Crippen LogP contribution in [0.3, 0.4) is 0 Å². The van der Waals surface area contributed by atoms with Gasteiger partial charge in [-0.2, -0.15) is 30.1 Å². The molecule has 2 aliphatic heterocycles. The Balaban J connectivity index is 1.43. The van der Waals surface area contributed by atoms with E-state index in [4.69, 9.17) is 11.6 Å². The van der Waals surface area contributed by atoms with Gasteiger partial charge in [-0.3, -0.25) is 4.90 Å². The van der Waals surface area contributed by atoms with Crippen molar-refractivity contribution in [3.05, 3.63) is 34.5 Å². The fourth-order valence-electron chi connectivity index (χ4n) is 4.63. The smallest absolute Gasteiger partial charge is 0.232 e. The van der Waals surface area contributed by atoms with Crippen LogP contribution in [0.2, 0.25) is 5.02 Å². The molecular formula is C23H26ClN11. The van der Waals surface area contributed by atoms with Gasteiger partial charge in [0.05, 0.1) is 34.2 Å². The molecule has 4 heterocycles. The zero-order valence-electron chi connectivity index (χ0n) is 19.7. The predicted octanol–water partition coefficient (Wildman–Crippen LogP) is 2.13. The van der Waals surface area contributed by atoms with Gasteiger partial charge in [0.2, 0.25) is 11.9 Å². The summed E-state index contributed by atoms with van der Waals surface area (Å²) in [6, 6.07) is 8.48. The van der Waals surface area contributed by atoms with E-state index in [2.05, 4.69) is 59.6 Å². The fraction of sp³-hybridized carbons (Fsp3) is 0.435. The number of rotatable bonds is 6. The third-order valence-corrected chi connectivity index (χ3v) is 6.87. The number of benzene rings is 1. The van der Waals surface area contributed by atoms with Crippen molar-refractivity contribution < 1.29 is 0 Å². The Morgan fingerprint density at radius 3 is 2.54 bits per heavy atom. The number of piperazine rings is 1. The number of halogens is 1. The third kappa shape index (κ3) is 4.42. The Morgan fingerprint density at radius 2 is 1.89 bits per heavy atom. The summed E-state index contributed by atoms with van der Waals surface area (Å²) in [5.41, 5.74) is 2.56. The van der Waals surface area contributed by atoms with Gasteiger partial charge in [0.15, 0.2) is 5.65 Å². The number of nitriles is 2. The minimum Gasteiger partial charge on any atom is -0.368 e. The first-order valence-electron chi connectivity index (χ1n) is 11.6. The molecule has 0 bridgehead atoms. The lowest BCUT2D eigenvalue weighted by molar-refractivity contribution is 0.0488. The normalized spacial score (nSPS) is 17.1. The molecular weight excluding hydrogens is 466 g/mol. The van der Waals surface area contributed by atoms with Crippen LogP contribution in [0.1, 0.15) is 18.1 Å². The van der Waals surface area contributed by atoms with Crippen LogP contribution in [-0.4, -0.2) is 88.3 Å². The number of aromatic nitrogens is 4. The second kappa shape index (κ2) is 9.55. The molecule has 2 aromatic heterocycles. The molecule has 0 radical (unpaired) electrons. The molecule has 0 atom stereocenters. The first kappa shape index (κ1) is 23.1. The van der Waals surface area contributed by atoms with Crippen molar-refractivity contribution in [1.29, 1.82) is 10.5 Å². The molecule has 1 aromatic carbocycles. The van der Waals surface area contributed by atoms with Crippen LogP contribution in [-0.2, 0) is 0 Å². The van der Waals surface area contributed by atoms with Crippen LogP contribution in [0.4, 0.5) is 23.3 Å². The topological polar surface area (TPSA) is 124 Å². The summed E-state index contributed by atoms with van der Waals surface area (Å²) >= 11 is 6.86. The molecule has 5 rings (SSSR count). The number of anilines is 4. The van der Waals surface area contributed by atoms with Crippen molar-refractivity contribution in [1.82, 2.24) is 29.4 Å². The monoisotopic (exact) mass is 491 g/mol. The van der Waals surface area contributed by atoms with Gasteiger partial charge in [-0.25, -0.2) is 0 Å². The molecule has 0 amide bonds. The van der Waals surface area contributed by atoms with Crippen molar-refractivity contribution in [2.24, 2.45) is 0 Å². The minimum atomic E-state index is 0.257. The highest BCUT2D eigenvalue weighted by Gasteiger charge is 2.32. The average molecular weight is 492 g/mol. The van der Waals surface area contributed by atoms with E-state index in [-0.39, 0.29) is 5.95 Å². The molecule has 0 aliphatic carbocycles. The number of nitrogens with zero attached hydrogens (tertiary/aromatic N) is 9. The van der Waals surface area contributed by atoms with Crippen molar-refractivity contribution in [3.8, 4) is 12.1 Å². The SMILES string of the molecule is CCNc1nc(Nc2cc(C#N)cc(N3CCN(C4CN(C)C4)CC3)c2Cl)nc2c(C#N)cnn12. The van der Waals surface area contributed by atoms with Crippen LogP contribution in [0.25, 0.3) is 5.65 Å². The van der Waals surface area contributed by atoms with E-state index in [1.807, 2.05) is 13.0 Å². The van der Waals surface area contributed by atoms with Crippen molar-refractivity contribution >= 4 is 40.5 Å². The largest absolute Gasteiger partial charge is 0.368 e. The van der Waals surface area contributed by atoms with E-state index in [9.17, 15) is 10.5 Å². The summed E-state index contributed by atoms with van der Waals surface area (Å²) in [7, 11) is 2.14. The molecule has 0 spiro atoms. The molecule has 11 nitrogen and oxygen atoms in total. The number of hydrogen-bond acceptors (Lipinski definition) is 10. The van der Waals surface area contributed by atoms with Gasteiger partial charge in [0.25, 0.3) is 0 Å². The van der Waals surface area contributed by atoms with Crippen LogP contribution in [0.15, 0.2) is 18.3 Å². The Bertz CT molecular complexity index is 1320. The highest BCUT2D eigenvalue weighted by atomic mass is 35.5. The number of likely N-dealkylation sites (tertiary alicyclic amines) is 1. The maximum atomic E-state index is 9.68. The summed E-state index contributed by atoms with van der Waals surface area (Å²) in [5.74, 6) is 0.708. The molecule has 2 saturated heterocycles. The fourth-order valence-corrected chi connectivity index (χ4v) is 4.90. The van der Waals surface area contributed by atoms with Crippen LogP contribution >= 0.6 is 11.6 Å². The first-order valence-corrected chi connectivity index (χ1v) is 12.0. The molecule has 0 saturated carbocycles. The van der Waals surface area contributed by atoms with E-state index in [1.54, 1.807) is 6.07 Å². The number of fused-ring (bicyclic) bond motifs is 1. The Morgan fingerprint density at radius 1 is 1.11 bits per heavy atom. The van der Waals surface area contributed by atoms with E-state index in [0.29, 0.717) is 46.0 Å². The molecule has 12 heteroatoms. The van der Waals surface area contributed by atoms with E-state index in [1.165, 1.54) is 10.7 Å². The van der Waals surface area contributed by atoms with Gasteiger partial charge in [-0.1, -0.05) is 11.6 Å². The van der Waals surface area contributed by atoms with Crippen LogP contribution in [0, 0.1) is 22.7 Å². The van der Waals surface area contributed by atoms with Gasteiger partial charge in [0.1, 0.15) is 11.6 Å². The van der Waals surface area contributed by atoms with E-state index < -0.39 is 0 Å². The van der Waals surface area contributed by atoms with Gasteiger partial charge >= 0.3 is 0 Å². The Hall–Kier alpha value is -3.64.